The molecule has 0 aliphatic rings. The first-order chi connectivity index (χ1) is 12.1. The van der Waals surface area contributed by atoms with Gasteiger partial charge in [0.25, 0.3) is 0 Å². The Labute approximate surface area is 147 Å². The highest BCUT2D eigenvalue weighted by Crippen LogP contribution is 2.20. The van der Waals surface area contributed by atoms with Gasteiger partial charge in [0.05, 0.1) is 12.0 Å². The molecular weight excluding hydrogens is 314 g/mol. The largest absolute Gasteiger partial charge is 0.467 e. The van der Waals surface area contributed by atoms with Crippen LogP contribution in [0.2, 0.25) is 0 Å². The van der Waals surface area contributed by atoms with Gasteiger partial charge in [-0.05, 0) is 43.7 Å². The van der Waals surface area contributed by atoms with Gasteiger partial charge in [-0.1, -0.05) is 30.3 Å². The van der Waals surface area contributed by atoms with Crippen molar-refractivity contribution >= 4 is 12.0 Å². The summed E-state index contributed by atoms with van der Waals surface area (Å²) in [5, 5.41) is 7.46. The van der Waals surface area contributed by atoms with Crippen LogP contribution in [0.25, 0.3) is 6.08 Å². The highest BCUT2D eigenvalue weighted by atomic mass is 16.3. The monoisotopic (exact) mass is 335 g/mol. The van der Waals surface area contributed by atoms with E-state index in [1.807, 2.05) is 67.1 Å². The van der Waals surface area contributed by atoms with E-state index in [9.17, 15) is 4.79 Å². The van der Waals surface area contributed by atoms with Gasteiger partial charge in [0.15, 0.2) is 0 Å². The second kappa shape index (κ2) is 7.66. The molecule has 3 aromatic rings. The van der Waals surface area contributed by atoms with Crippen LogP contribution < -0.4 is 5.32 Å². The molecule has 5 nitrogen and oxygen atoms in total. The normalized spacial score (nSPS) is 12.4. The van der Waals surface area contributed by atoms with Gasteiger partial charge in [-0.2, -0.15) is 5.10 Å². The molecule has 3 rings (SSSR count). The van der Waals surface area contributed by atoms with Crippen LogP contribution in [0, 0.1) is 13.8 Å². The van der Waals surface area contributed by atoms with Gasteiger partial charge in [0.1, 0.15) is 11.8 Å². The first-order valence-electron chi connectivity index (χ1n) is 8.20. The van der Waals surface area contributed by atoms with Crippen LogP contribution in [0.1, 0.15) is 28.8 Å². The molecule has 5 heteroatoms. The van der Waals surface area contributed by atoms with Gasteiger partial charge < -0.3 is 9.73 Å². The van der Waals surface area contributed by atoms with E-state index in [-0.39, 0.29) is 11.9 Å². The summed E-state index contributed by atoms with van der Waals surface area (Å²) in [6.45, 7) is 4.34. The van der Waals surface area contributed by atoms with E-state index in [2.05, 4.69) is 10.4 Å². The van der Waals surface area contributed by atoms with E-state index in [0.29, 0.717) is 6.54 Å². The average Bonchev–Trinajstić information content (AvgIpc) is 3.25. The molecule has 0 spiro atoms. The van der Waals surface area contributed by atoms with Crippen molar-refractivity contribution in [3.8, 4) is 0 Å². The predicted octanol–water partition coefficient (Wildman–Crippen LogP) is 3.51. The van der Waals surface area contributed by atoms with Crippen LogP contribution >= 0.6 is 0 Å². The molecule has 25 heavy (non-hydrogen) atoms. The maximum atomic E-state index is 12.2. The van der Waals surface area contributed by atoms with Gasteiger partial charge in [0, 0.05) is 18.3 Å². The molecule has 0 fully saturated rings. The van der Waals surface area contributed by atoms with Crippen LogP contribution in [0.15, 0.2) is 65.3 Å². The Bertz CT molecular complexity index is 848. The molecule has 0 bridgehead atoms. The molecule has 1 aromatic carbocycles. The van der Waals surface area contributed by atoms with Crippen LogP contribution in [-0.4, -0.2) is 22.2 Å². The van der Waals surface area contributed by atoms with Gasteiger partial charge >= 0.3 is 0 Å². The van der Waals surface area contributed by atoms with Gasteiger partial charge in [-0.15, -0.1) is 0 Å². The Hall–Kier alpha value is -3.08. The van der Waals surface area contributed by atoms with E-state index in [1.165, 1.54) is 6.08 Å². The molecule has 0 saturated carbocycles. The highest BCUT2D eigenvalue weighted by molar-refractivity contribution is 5.91. The summed E-state index contributed by atoms with van der Waals surface area (Å²) in [4.78, 5) is 12.2. The Balaban J connectivity index is 1.70. The standard InChI is InChI=1S/C20H21N3O2/c1-15-13-16(2)23(22-15)18(19-9-6-12-25-19)14-21-20(24)11-10-17-7-4-3-5-8-17/h3-13,18H,14H2,1-2H3,(H,21,24). The van der Waals surface area contributed by atoms with Crippen molar-refractivity contribution in [1.29, 1.82) is 0 Å². The molecule has 1 atom stereocenters. The summed E-state index contributed by atoms with van der Waals surface area (Å²) in [6, 6.07) is 15.3. The number of nitrogens with one attached hydrogen (secondary N) is 1. The zero-order valence-electron chi connectivity index (χ0n) is 14.3. The topological polar surface area (TPSA) is 60.1 Å². The third-order valence-electron chi connectivity index (χ3n) is 3.91. The molecule has 0 aliphatic heterocycles. The zero-order chi connectivity index (χ0) is 17.6. The van der Waals surface area contributed by atoms with Gasteiger partial charge in [0.2, 0.25) is 5.91 Å². The smallest absolute Gasteiger partial charge is 0.244 e. The second-order valence-corrected chi connectivity index (χ2v) is 5.89. The molecule has 1 N–H and O–H groups in total. The molecule has 2 heterocycles. The van der Waals surface area contributed by atoms with E-state index >= 15 is 0 Å². The Kier molecular flexibility index (Phi) is 5.14. The van der Waals surface area contributed by atoms with Crippen LogP contribution in [0.5, 0.6) is 0 Å². The number of rotatable bonds is 6. The third kappa shape index (κ3) is 4.26. The van der Waals surface area contributed by atoms with Crippen LogP contribution in [-0.2, 0) is 4.79 Å². The maximum Gasteiger partial charge on any atom is 0.244 e. The molecule has 1 unspecified atom stereocenters. The van der Waals surface area contributed by atoms with Gasteiger partial charge in [-0.25, -0.2) is 0 Å². The predicted molar refractivity (Wildman–Crippen MR) is 97.0 cm³/mol. The van der Waals surface area contributed by atoms with Crippen molar-refractivity contribution < 1.29 is 9.21 Å². The summed E-state index contributed by atoms with van der Waals surface area (Å²) in [5.74, 6) is 0.612. The lowest BCUT2D eigenvalue weighted by atomic mass is 10.2. The second-order valence-electron chi connectivity index (χ2n) is 5.89. The molecule has 128 valence electrons. The first kappa shape index (κ1) is 16.8. The number of aromatic nitrogens is 2. The summed E-state index contributed by atoms with van der Waals surface area (Å²) in [7, 11) is 0. The lowest BCUT2D eigenvalue weighted by Crippen LogP contribution is -2.31. The third-order valence-corrected chi connectivity index (χ3v) is 3.91. The van der Waals surface area contributed by atoms with Crippen LogP contribution in [0.4, 0.5) is 0 Å². The fourth-order valence-electron chi connectivity index (χ4n) is 2.74. The Morgan fingerprint density at radius 2 is 2.04 bits per heavy atom. The van der Waals surface area contributed by atoms with Crippen molar-refractivity contribution in [3.05, 3.63) is 83.6 Å². The van der Waals surface area contributed by atoms with Crippen LogP contribution in [0.3, 0.4) is 0 Å². The molecule has 2 aromatic heterocycles. The zero-order valence-corrected chi connectivity index (χ0v) is 14.3. The number of hydrogen-bond acceptors (Lipinski definition) is 3. The fraction of sp³-hybridized carbons (Fsp3) is 0.200. The highest BCUT2D eigenvalue weighted by Gasteiger charge is 2.20. The van der Waals surface area contributed by atoms with Gasteiger partial charge in [-0.3, -0.25) is 9.48 Å². The van der Waals surface area contributed by atoms with Crippen molar-refractivity contribution in [2.75, 3.05) is 6.54 Å². The number of nitrogens with zero attached hydrogens (tertiary/aromatic N) is 2. The lowest BCUT2D eigenvalue weighted by Gasteiger charge is -2.17. The molecular formula is C20H21N3O2. The van der Waals surface area contributed by atoms with Crippen molar-refractivity contribution in [1.82, 2.24) is 15.1 Å². The Morgan fingerprint density at radius 1 is 1.24 bits per heavy atom. The molecule has 0 saturated heterocycles. The van der Waals surface area contributed by atoms with E-state index in [4.69, 9.17) is 4.42 Å². The van der Waals surface area contributed by atoms with Crippen molar-refractivity contribution in [2.45, 2.75) is 19.9 Å². The maximum absolute atomic E-state index is 12.2. The average molecular weight is 335 g/mol. The fourth-order valence-corrected chi connectivity index (χ4v) is 2.74. The number of hydrogen-bond donors (Lipinski definition) is 1. The minimum absolute atomic E-state index is 0.151. The lowest BCUT2D eigenvalue weighted by molar-refractivity contribution is -0.116. The first-order valence-corrected chi connectivity index (χ1v) is 8.20. The number of benzene rings is 1. The summed E-state index contributed by atoms with van der Waals surface area (Å²) >= 11 is 0. The molecule has 0 aliphatic carbocycles. The minimum atomic E-state index is -0.183. The van der Waals surface area contributed by atoms with Crippen molar-refractivity contribution in [2.24, 2.45) is 0 Å². The minimum Gasteiger partial charge on any atom is -0.467 e. The number of amides is 1. The quantitative estimate of drug-likeness (QED) is 0.701. The van der Waals surface area contributed by atoms with Crippen molar-refractivity contribution in [3.63, 3.8) is 0 Å². The SMILES string of the molecule is Cc1cc(C)n(C(CNC(=O)C=Cc2ccccc2)c2ccco2)n1. The summed E-state index contributed by atoms with van der Waals surface area (Å²) < 4.78 is 7.43. The van der Waals surface area contributed by atoms with E-state index < -0.39 is 0 Å². The number of furan rings is 1. The van der Waals surface area contributed by atoms with E-state index in [0.717, 1.165) is 22.7 Å². The van der Waals surface area contributed by atoms with E-state index in [1.54, 1.807) is 12.3 Å². The Morgan fingerprint density at radius 3 is 2.68 bits per heavy atom. The number of carbonyl (C=O) groups excluding carboxylic acids is 1. The number of aryl methyl sites for hydroxylation is 2. The molecule has 1 amide bonds. The summed E-state index contributed by atoms with van der Waals surface area (Å²) in [5.41, 5.74) is 2.94. The summed E-state index contributed by atoms with van der Waals surface area (Å²) in [6.07, 6.45) is 4.96. The molecule has 0 radical (unpaired) electrons. The number of carbonyl (C=O) groups is 1.